The molecule has 0 bridgehead atoms. The monoisotopic (exact) mass is 134 g/mol. The minimum atomic E-state index is 1.06. The summed E-state index contributed by atoms with van der Waals surface area (Å²) in [6.45, 7) is 1.06. The third kappa shape index (κ3) is 6.27. The summed E-state index contributed by atoms with van der Waals surface area (Å²) >= 11 is 1.85. The molecule has 1 N–H and O–H groups in total. The van der Waals surface area contributed by atoms with Crippen LogP contribution in [0.2, 0.25) is 0 Å². The maximum Gasteiger partial charge on any atom is 0.0193 e. The van der Waals surface area contributed by atoms with E-state index in [1.807, 2.05) is 30.9 Å². The summed E-state index contributed by atoms with van der Waals surface area (Å²) in [7, 11) is 4.00. The number of hydrogen-bond donors (Lipinski definition) is 1. The zero-order valence-electron chi connectivity index (χ0n) is 5.77. The third-order valence-corrected chi connectivity index (χ3v) is 1.35. The predicted octanol–water partition coefficient (Wildman–Crippen LogP) is 0.416. The molecule has 0 aromatic rings. The molecule has 0 rings (SSSR count). The van der Waals surface area contributed by atoms with Crippen molar-refractivity contribution in [3.05, 3.63) is 0 Å². The molecular weight excluding hydrogens is 120 g/mol. The molecule has 8 heavy (non-hydrogen) atoms. The van der Waals surface area contributed by atoms with Gasteiger partial charge in [0.05, 0.1) is 0 Å². The molecule has 0 aliphatic rings. The standard InChI is InChI=1S/C5H14N2S/c1-7(2)6-4-5-8-3/h6H,4-5H2,1-3H3. The highest BCUT2D eigenvalue weighted by Gasteiger charge is 1.84. The van der Waals surface area contributed by atoms with Gasteiger partial charge in [0.2, 0.25) is 0 Å². The lowest BCUT2D eigenvalue weighted by Crippen LogP contribution is -2.31. The lowest BCUT2D eigenvalue weighted by molar-refractivity contribution is 0.300. The Morgan fingerprint density at radius 2 is 2.12 bits per heavy atom. The number of hydrazine groups is 1. The van der Waals surface area contributed by atoms with E-state index in [2.05, 4.69) is 11.7 Å². The van der Waals surface area contributed by atoms with Crippen molar-refractivity contribution in [2.24, 2.45) is 0 Å². The van der Waals surface area contributed by atoms with Crippen LogP contribution in [0.3, 0.4) is 0 Å². The molecule has 50 valence electrons. The van der Waals surface area contributed by atoms with Crippen molar-refractivity contribution in [1.82, 2.24) is 10.4 Å². The van der Waals surface area contributed by atoms with Crippen LogP contribution in [0.1, 0.15) is 0 Å². The van der Waals surface area contributed by atoms with E-state index in [4.69, 9.17) is 0 Å². The molecular formula is C5H14N2S. The van der Waals surface area contributed by atoms with Crippen molar-refractivity contribution in [3.8, 4) is 0 Å². The molecule has 0 fully saturated rings. The first-order chi connectivity index (χ1) is 3.77. The van der Waals surface area contributed by atoms with E-state index in [0.717, 1.165) is 6.54 Å². The molecule has 0 saturated carbocycles. The van der Waals surface area contributed by atoms with Crippen molar-refractivity contribution in [1.29, 1.82) is 0 Å². The van der Waals surface area contributed by atoms with Crippen LogP contribution in [0, 0.1) is 0 Å². The Kier molecular flexibility index (Phi) is 5.59. The van der Waals surface area contributed by atoms with E-state index >= 15 is 0 Å². The van der Waals surface area contributed by atoms with Crippen molar-refractivity contribution >= 4 is 11.8 Å². The van der Waals surface area contributed by atoms with Gasteiger partial charge in [-0.25, -0.2) is 0 Å². The first-order valence-electron chi connectivity index (χ1n) is 2.67. The minimum Gasteiger partial charge on any atom is -0.255 e. The summed E-state index contributed by atoms with van der Waals surface area (Å²) in [5, 5.41) is 1.97. The lowest BCUT2D eigenvalue weighted by atomic mass is 10.8. The molecule has 2 nitrogen and oxygen atoms in total. The smallest absolute Gasteiger partial charge is 0.0193 e. The van der Waals surface area contributed by atoms with Gasteiger partial charge in [-0.15, -0.1) is 0 Å². The maximum absolute atomic E-state index is 3.16. The highest BCUT2D eigenvalue weighted by Crippen LogP contribution is 1.86. The maximum atomic E-state index is 3.16. The Labute approximate surface area is 55.6 Å². The molecule has 3 heteroatoms. The molecule has 0 unspecified atom stereocenters. The first kappa shape index (κ1) is 8.27. The number of hydrogen-bond acceptors (Lipinski definition) is 3. The fourth-order valence-corrected chi connectivity index (χ4v) is 0.667. The number of nitrogens with zero attached hydrogens (tertiary/aromatic N) is 1. The number of nitrogens with one attached hydrogen (secondary N) is 1. The Bertz CT molecular complexity index is 47.7. The summed E-state index contributed by atoms with van der Waals surface area (Å²) in [5.41, 5.74) is 3.16. The average Bonchev–Trinajstić information content (AvgIpc) is 1.66. The van der Waals surface area contributed by atoms with Crippen LogP contribution in [0.15, 0.2) is 0 Å². The van der Waals surface area contributed by atoms with Gasteiger partial charge in [0.25, 0.3) is 0 Å². The van der Waals surface area contributed by atoms with Crippen molar-refractivity contribution in [2.75, 3.05) is 32.6 Å². The van der Waals surface area contributed by atoms with Crippen molar-refractivity contribution < 1.29 is 0 Å². The fraction of sp³-hybridized carbons (Fsp3) is 1.00. The Morgan fingerprint density at radius 1 is 1.50 bits per heavy atom. The first-order valence-corrected chi connectivity index (χ1v) is 4.06. The van der Waals surface area contributed by atoms with Gasteiger partial charge >= 0.3 is 0 Å². The summed E-state index contributed by atoms with van der Waals surface area (Å²) in [4.78, 5) is 0. The second-order valence-corrected chi connectivity index (χ2v) is 2.78. The van der Waals surface area contributed by atoms with Crippen molar-refractivity contribution in [3.63, 3.8) is 0 Å². The summed E-state index contributed by atoms with van der Waals surface area (Å²) < 4.78 is 0. The lowest BCUT2D eigenvalue weighted by Gasteiger charge is -2.09. The van der Waals surface area contributed by atoms with E-state index in [-0.39, 0.29) is 0 Å². The molecule has 0 atom stereocenters. The normalized spacial score (nSPS) is 10.5. The van der Waals surface area contributed by atoms with Gasteiger partial charge in [-0.2, -0.15) is 11.8 Å². The third-order valence-electron chi connectivity index (χ3n) is 0.734. The van der Waals surface area contributed by atoms with Gasteiger partial charge in [0.1, 0.15) is 0 Å². The molecule has 0 aromatic heterocycles. The van der Waals surface area contributed by atoms with Crippen LogP contribution in [-0.2, 0) is 0 Å². The SMILES string of the molecule is CSCCNN(C)C. The molecule has 0 aliphatic carbocycles. The van der Waals surface area contributed by atoms with E-state index in [9.17, 15) is 0 Å². The second-order valence-electron chi connectivity index (χ2n) is 1.80. The summed E-state index contributed by atoms with van der Waals surface area (Å²) in [6.07, 6.45) is 2.11. The summed E-state index contributed by atoms with van der Waals surface area (Å²) in [6, 6.07) is 0. The van der Waals surface area contributed by atoms with Gasteiger partial charge in [0.15, 0.2) is 0 Å². The van der Waals surface area contributed by atoms with E-state index in [0.29, 0.717) is 0 Å². The molecule has 0 aromatic carbocycles. The Hall–Kier alpha value is 0.270. The topological polar surface area (TPSA) is 15.3 Å². The zero-order valence-corrected chi connectivity index (χ0v) is 6.59. The van der Waals surface area contributed by atoms with E-state index < -0.39 is 0 Å². The Balaban J connectivity index is 2.72. The highest BCUT2D eigenvalue weighted by molar-refractivity contribution is 7.98. The van der Waals surface area contributed by atoms with Gasteiger partial charge in [0, 0.05) is 26.4 Å². The van der Waals surface area contributed by atoms with Crippen LogP contribution in [0.5, 0.6) is 0 Å². The molecule has 0 saturated heterocycles. The number of thioether (sulfide) groups is 1. The largest absolute Gasteiger partial charge is 0.255 e. The molecule has 0 radical (unpaired) electrons. The second kappa shape index (κ2) is 5.41. The molecule has 0 aliphatic heterocycles. The molecule has 0 heterocycles. The van der Waals surface area contributed by atoms with Gasteiger partial charge in [-0.3, -0.25) is 10.4 Å². The van der Waals surface area contributed by atoms with Crippen LogP contribution >= 0.6 is 11.8 Å². The Morgan fingerprint density at radius 3 is 2.50 bits per heavy atom. The fourth-order valence-electron chi connectivity index (χ4n) is 0.371. The predicted molar refractivity (Wildman–Crippen MR) is 40.1 cm³/mol. The van der Waals surface area contributed by atoms with Gasteiger partial charge in [-0.05, 0) is 6.26 Å². The quantitative estimate of drug-likeness (QED) is 0.443. The van der Waals surface area contributed by atoms with Gasteiger partial charge < -0.3 is 0 Å². The van der Waals surface area contributed by atoms with E-state index in [1.165, 1.54) is 5.75 Å². The highest BCUT2D eigenvalue weighted by atomic mass is 32.2. The van der Waals surface area contributed by atoms with Gasteiger partial charge in [-0.1, -0.05) is 0 Å². The van der Waals surface area contributed by atoms with Crippen molar-refractivity contribution in [2.45, 2.75) is 0 Å². The van der Waals surface area contributed by atoms with Crippen LogP contribution < -0.4 is 5.43 Å². The van der Waals surface area contributed by atoms with Crippen LogP contribution in [0.4, 0.5) is 0 Å². The zero-order chi connectivity index (χ0) is 6.41. The van der Waals surface area contributed by atoms with Crippen LogP contribution in [0.25, 0.3) is 0 Å². The average molecular weight is 134 g/mol. The minimum absolute atomic E-state index is 1.06. The van der Waals surface area contributed by atoms with Crippen LogP contribution in [-0.4, -0.2) is 37.7 Å². The molecule has 0 spiro atoms. The number of rotatable bonds is 4. The molecule has 0 amide bonds. The summed E-state index contributed by atoms with van der Waals surface area (Å²) in [5.74, 6) is 1.18. The van der Waals surface area contributed by atoms with E-state index in [1.54, 1.807) is 0 Å².